The highest BCUT2D eigenvalue weighted by molar-refractivity contribution is 5.83. The summed E-state index contributed by atoms with van der Waals surface area (Å²) in [5, 5.41) is 19.7. The highest BCUT2D eigenvalue weighted by Gasteiger charge is 2.29. The Morgan fingerprint density at radius 2 is 2.00 bits per heavy atom. The molecule has 164 valence electrons. The Morgan fingerprint density at radius 1 is 1.16 bits per heavy atom. The Bertz CT molecular complexity index is 1060. The molecule has 3 aromatic rings. The van der Waals surface area contributed by atoms with Gasteiger partial charge < -0.3 is 10.1 Å². The molecule has 1 atom stereocenters. The van der Waals surface area contributed by atoms with Crippen LogP contribution in [0.3, 0.4) is 0 Å². The van der Waals surface area contributed by atoms with Gasteiger partial charge in [0.15, 0.2) is 0 Å². The van der Waals surface area contributed by atoms with E-state index in [4.69, 9.17) is 5.21 Å². The number of hydroxylamine groups is 1. The number of amides is 1. The maximum atomic E-state index is 11.4. The van der Waals surface area contributed by atoms with Gasteiger partial charge in [-0.05, 0) is 66.5 Å². The average molecular weight is 422 g/mol. The van der Waals surface area contributed by atoms with Crippen LogP contribution in [0.1, 0.15) is 46.7 Å². The van der Waals surface area contributed by atoms with E-state index in [1.165, 1.54) is 27.6 Å². The third kappa shape index (κ3) is 4.51. The minimum Gasteiger partial charge on any atom is -0.395 e. The summed E-state index contributed by atoms with van der Waals surface area (Å²) in [4.78, 5) is 17.2. The number of aliphatic hydroxyl groups excluding tert-OH is 1. The number of aromatic nitrogens is 1. The molecule has 1 unspecified atom stereocenters. The number of benzene rings is 2. The lowest BCUT2D eigenvalue weighted by molar-refractivity contribution is -0.129. The van der Waals surface area contributed by atoms with Gasteiger partial charge in [0, 0.05) is 42.7 Å². The van der Waals surface area contributed by atoms with Gasteiger partial charge in [-0.3, -0.25) is 14.9 Å². The number of fused-ring (bicyclic) bond motifs is 2. The highest BCUT2D eigenvalue weighted by Crippen LogP contribution is 2.38. The van der Waals surface area contributed by atoms with Gasteiger partial charge in [0.05, 0.1) is 6.61 Å². The molecule has 6 heteroatoms. The number of aliphatic hydroxyl groups is 1. The number of aromatic amines is 1. The number of rotatable bonds is 9. The number of hydrogen-bond acceptors (Lipinski definition) is 4. The zero-order chi connectivity index (χ0) is 21.8. The number of nitrogens with one attached hydrogen (secondary N) is 2. The topological polar surface area (TPSA) is 88.6 Å². The maximum Gasteiger partial charge on any atom is 0.243 e. The van der Waals surface area contributed by atoms with Crippen molar-refractivity contribution in [3.8, 4) is 0 Å². The second-order valence-corrected chi connectivity index (χ2v) is 8.38. The van der Waals surface area contributed by atoms with Crippen molar-refractivity contribution in [1.29, 1.82) is 0 Å². The van der Waals surface area contributed by atoms with Crippen molar-refractivity contribution in [3.63, 3.8) is 0 Å². The zero-order valence-corrected chi connectivity index (χ0v) is 18.0. The third-order valence-corrected chi connectivity index (χ3v) is 6.69. The van der Waals surface area contributed by atoms with E-state index in [1.807, 2.05) is 6.07 Å². The fraction of sp³-hybridized carbons (Fsp3) is 0.400. The molecule has 0 saturated heterocycles. The molecule has 2 aromatic carbocycles. The maximum absolute atomic E-state index is 11.4. The van der Waals surface area contributed by atoms with Crippen LogP contribution in [0.25, 0.3) is 10.9 Å². The third-order valence-electron chi connectivity index (χ3n) is 6.69. The first-order valence-electron chi connectivity index (χ1n) is 11.1. The summed E-state index contributed by atoms with van der Waals surface area (Å²) in [5.41, 5.74) is 9.32. The average Bonchev–Trinajstić information content (AvgIpc) is 3.41. The molecule has 6 nitrogen and oxygen atoms in total. The first kappa shape index (κ1) is 21.6. The number of aryl methyl sites for hydroxylation is 1. The van der Waals surface area contributed by atoms with E-state index < -0.39 is 0 Å². The Labute approximate surface area is 182 Å². The fourth-order valence-electron chi connectivity index (χ4n) is 5.02. The van der Waals surface area contributed by atoms with Gasteiger partial charge in [-0.1, -0.05) is 30.3 Å². The molecule has 0 fully saturated rings. The van der Waals surface area contributed by atoms with Gasteiger partial charge in [0.1, 0.15) is 0 Å². The van der Waals surface area contributed by atoms with E-state index in [-0.39, 0.29) is 18.9 Å². The van der Waals surface area contributed by atoms with Crippen LogP contribution in [0.4, 0.5) is 0 Å². The van der Waals surface area contributed by atoms with Gasteiger partial charge in [-0.25, -0.2) is 5.48 Å². The molecule has 0 aliphatic heterocycles. The zero-order valence-electron chi connectivity index (χ0n) is 18.0. The Hall–Kier alpha value is -2.67. The van der Waals surface area contributed by atoms with E-state index in [0.717, 1.165) is 36.9 Å². The summed E-state index contributed by atoms with van der Waals surface area (Å²) in [7, 11) is 0. The van der Waals surface area contributed by atoms with Crippen LogP contribution in [-0.2, 0) is 24.1 Å². The first-order chi connectivity index (χ1) is 15.1. The molecular weight excluding hydrogens is 390 g/mol. The lowest BCUT2D eigenvalue weighted by atomic mass is 9.95. The molecule has 4 rings (SSSR count). The van der Waals surface area contributed by atoms with Gasteiger partial charge in [-0.2, -0.15) is 0 Å². The summed E-state index contributed by atoms with van der Waals surface area (Å²) in [6.07, 6.45) is 6.00. The van der Waals surface area contributed by atoms with E-state index >= 15 is 0 Å². The summed E-state index contributed by atoms with van der Waals surface area (Å²) in [6, 6.07) is 13.0. The second-order valence-electron chi connectivity index (χ2n) is 8.38. The van der Waals surface area contributed by atoms with Crippen molar-refractivity contribution in [3.05, 3.63) is 70.4 Å². The van der Waals surface area contributed by atoms with Crippen LogP contribution in [-0.4, -0.2) is 45.8 Å². The SMILES string of the molecule is Cc1c(CCC(=O)NO)ccc2c1CCC2N(CCO)CCc1c[nH]c2ccccc12. The molecule has 1 aromatic heterocycles. The summed E-state index contributed by atoms with van der Waals surface area (Å²) >= 11 is 0. The monoisotopic (exact) mass is 421 g/mol. The Morgan fingerprint density at radius 3 is 2.81 bits per heavy atom. The lowest BCUT2D eigenvalue weighted by Gasteiger charge is -2.29. The van der Waals surface area contributed by atoms with Gasteiger partial charge in [0.2, 0.25) is 5.91 Å². The minimum atomic E-state index is -0.357. The van der Waals surface area contributed by atoms with Gasteiger partial charge in [-0.15, -0.1) is 0 Å². The molecule has 0 bridgehead atoms. The minimum absolute atomic E-state index is 0.146. The summed E-state index contributed by atoms with van der Waals surface area (Å²) in [6.45, 7) is 3.83. The van der Waals surface area contributed by atoms with E-state index in [0.29, 0.717) is 19.0 Å². The second kappa shape index (κ2) is 9.64. The van der Waals surface area contributed by atoms with Crippen molar-refractivity contribution in [2.45, 2.75) is 45.1 Å². The molecule has 1 aliphatic rings. The number of H-pyrrole nitrogens is 1. The standard InChI is InChI=1S/C25H31N3O3/c1-17-18(7-11-25(30)27-31)6-8-22-20(17)9-10-24(22)28(14-15-29)13-12-19-16-26-23-5-3-2-4-21(19)23/h2-6,8,16,24,26,29,31H,7,9-15H2,1H3,(H,27,30). The van der Waals surface area contributed by atoms with Crippen molar-refractivity contribution in [2.24, 2.45) is 0 Å². The molecule has 0 saturated carbocycles. The lowest BCUT2D eigenvalue weighted by Crippen LogP contribution is -2.32. The van der Waals surface area contributed by atoms with Crippen LogP contribution in [0.5, 0.6) is 0 Å². The van der Waals surface area contributed by atoms with Crippen LogP contribution >= 0.6 is 0 Å². The molecule has 0 spiro atoms. The first-order valence-corrected chi connectivity index (χ1v) is 11.1. The summed E-state index contributed by atoms with van der Waals surface area (Å²) < 4.78 is 0. The van der Waals surface area contributed by atoms with Crippen molar-refractivity contribution >= 4 is 16.8 Å². The largest absolute Gasteiger partial charge is 0.395 e. The summed E-state index contributed by atoms with van der Waals surface area (Å²) in [5.74, 6) is -0.357. The Balaban J connectivity index is 1.50. The van der Waals surface area contributed by atoms with Crippen LogP contribution in [0.15, 0.2) is 42.6 Å². The van der Waals surface area contributed by atoms with E-state index in [1.54, 1.807) is 5.48 Å². The molecule has 0 radical (unpaired) electrons. The normalized spacial score (nSPS) is 15.5. The molecular formula is C25H31N3O3. The number of hydrogen-bond donors (Lipinski definition) is 4. The number of nitrogens with zero attached hydrogens (tertiary/aromatic N) is 1. The van der Waals surface area contributed by atoms with Crippen LogP contribution < -0.4 is 5.48 Å². The molecule has 1 aliphatic carbocycles. The number of carbonyl (C=O) groups excluding carboxylic acids is 1. The quantitative estimate of drug-likeness (QED) is 0.315. The van der Waals surface area contributed by atoms with Crippen LogP contribution in [0.2, 0.25) is 0 Å². The van der Waals surface area contributed by atoms with Crippen molar-refractivity contribution < 1.29 is 15.1 Å². The predicted molar refractivity (Wildman–Crippen MR) is 121 cm³/mol. The molecule has 31 heavy (non-hydrogen) atoms. The smallest absolute Gasteiger partial charge is 0.243 e. The predicted octanol–water partition coefficient (Wildman–Crippen LogP) is 3.44. The Kier molecular flexibility index (Phi) is 6.70. The van der Waals surface area contributed by atoms with Crippen LogP contribution in [0, 0.1) is 6.92 Å². The number of para-hydroxylation sites is 1. The molecule has 1 amide bonds. The molecule has 4 N–H and O–H groups in total. The van der Waals surface area contributed by atoms with Crippen molar-refractivity contribution in [2.75, 3.05) is 19.7 Å². The van der Waals surface area contributed by atoms with Crippen molar-refractivity contribution in [1.82, 2.24) is 15.4 Å². The van der Waals surface area contributed by atoms with Gasteiger partial charge >= 0.3 is 0 Å². The van der Waals surface area contributed by atoms with E-state index in [2.05, 4.69) is 53.3 Å². The highest BCUT2D eigenvalue weighted by atomic mass is 16.5. The fourth-order valence-corrected chi connectivity index (χ4v) is 5.02. The number of carbonyl (C=O) groups is 1. The van der Waals surface area contributed by atoms with E-state index in [9.17, 15) is 9.90 Å². The molecule has 1 heterocycles. The van der Waals surface area contributed by atoms with Gasteiger partial charge in [0.25, 0.3) is 0 Å².